The Hall–Kier alpha value is -1.26. The Morgan fingerprint density at radius 1 is 1.50 bits per heavy atom. The van der Waals surface area contributed by atoms with E-state index < -0.39 is 6.09 Å². The molecule has 0 bridgehead atoms. The fourth-order valence-corrected chi connectivity index (χ4v) is 1.55. The van der Waals surface area contributed by atoms with E-state index >= 15 is 0 Å². The molecule has 1 amide bonds. The quantitative estimate of drug-likeness (QED) is 0.687. The average Bonchev–Trinajstić information content (AvgIpc) is 2.07. The molecule has 0 spiro atoms. The first-order valence-corrected chi connectivity index (χ1v) is 4.68. The lowest BCUT2D eigenvalue weighted by molar-refractivity contribution is -0.140. The summed E-state index contributed by atoms with van der Waals surface area (Å²) in [4.78, 5) is 22.5. The number of methoxy groups -OCH3 is 1. The van der Waals surface area contributed by atoms with Crippen molar-refractivity contribution in [2.75, 3.05) is 20.2 Å². The van der Waals surface area contributed by atoms with Crippen molar-refractivity contribution in [3.05, 3.63) is 0 Å². The zero-order valence-electron chi connectivity index (χ0n) is 8.23. The van der Waals surface area contributed by atoms with Crippen LogP contribution in [-0.2, 0) is 9.53 Å². The summed E-state index contributed by atoms with van der Waals surface area (Å²) in [5.41, 5.74) is 0. The first kappa shape index (κ1) is 10.8. The maximum Gasteiger partial charge on any atom is 0.407 e. The van der Waals surface area contributed by atoms with Crippen molar-refractivity contribution in [3.8, 4) is 0 Å². The number of ether oxygens (including phenoxy) is 1. The standard InChI is InChI=1S/C9H15NO4/c1-14-8(11)4-2-3-7-5-10(6-7)9(12)13/h7H,2-6H2,1H3,(H,12,13). The van der Waals surface area contributed by atoms with Crippen LogP contribution in [0.25, 0.3) is 0 Å². The molecule has 0 aromatic heterocycles. The number of rotatable bonds is 4. The maximum absolute atomic E-state index is 10.7. The number of likely N-dealkylation sites (tertiary alicyclic amines) is 1. The molecule has 1 aliphatic rings. The predicted octanol–water partition coefficient (Wildman–Crippen LogP) is 0.940. The summed E-state index contributed by atoms with van der Waals surface area (Å²) < 4.78 is 4.50. The Kier molecular flexibility index (Phi) is 3.73. The summed E-state index contributed by atoms with van der Waals surface area (Å²) in [5, 5.41) is 8.55. The summed E-state index contributed by atoms with van der Waals surface area (Å²) in [5.74, 6) is 0.232. The number of esters is 1. The van der Waals surface area contributed by atoms with Gasteiger partial charge < -0.3 is 14.7 Å². The summed E-state index contributed by atoms with van der Waals surface area (Å²) in [6, 6.07) is 0. The van der Waals surface area contributed by atoms with Crippen molar-refractivity contribution < 1.29 is 19.4 Å². The Labute approximate surface area is 82.6 Å². The van der Waals surface area contributed by atoms with Gasteiger partial charge in [0.25, 0.3) is 0 Å². The zero-order chi connectivity index (χ0) is 10.6. The van der Waals surface area contributed by atoms with Crippen molar-refractivity contribution in [3.63, 3.8) is 0 Å². The highest BCUT2D eigenvalue weighted by molar-refractivity contribution is 5.69. The third-order valence-corrected chi connectivity index (χ3v) is 2.45. The number of hydrogen-bond donors (Lipinski definition) is 1. The lowest BCUT2D eigenvalue weighted by Gasteiger charge is -2.37. The number of carboxylic acid groups (broad SMARTS) is 1. The minimum atomic E-state index is -0.853. The van der Waals surface area contributed by atoms with E-state index in [4.69, 9.17) is 5.11 Å². The molecule has 1 N–H and O–H groups in total. The van der Waals surface area contributed by atoms with E-state index in [-0.39, 0.29) is 5.97 Å². The van der Waals surface area contributed by atoms with E-state index in [1.807, 2.05) is 0 Å². The minimum Gasteiger partial charge on any atom is -0.469 e. The fraction of sp³-hybridized carbons (Fsp3) is 0.778. The van der Waals surface area contributed by atoms with Gasteiger partial charge in [-0.15, -0.1) is 0 Å². The van der Waals surface area contributed by atoms with Crippen LogP contribution >= 0.6 is 0 Å². The lowest BCUT2D eigenvalue weighted by Crippen LogP contribution is -2.49. The summed E-state index contributed by atoms with van der Waals surface area (Å²) in [6.45, 7) is 1.22. The zero-order valence-corrected chi connectivity index (χ0v) is 8.23. The van der Waals surface area contributed by atoms with Crippen LogP contribution in [0.1, 0.15) is 19.3 Å². The van der Waals surface area contributed by atoms with Crippen molar-refractivity contribution in [1.29, 1.82) is 0 Å². The van der Waals surface area contributed by atoms with Crippen LogP contribution in [0.5, 0.6) is 0 Å². The van der Waals surface area contributed by atoms with Crippen LogP contribution in [0, 0.1) is 5.92 Å². The molecule has 5 nitrogen and oxygen atoms in total. The summed E-state index contributed by atoms with van der Waals surface area (Å²) in [6.07, 6.45) is 1.26. The molecule has 0 aliphatic carbocycles. The van der Waals surface area contributed by atoms with Crippen molar-refractivity contribution >= 4 is 12.1 Å². The molecule has 1 fully saturated rings. The molecule has 0 aromatic rings. The van der Waals surface area contributed by atoms with Crippen molar-refractivity contribution in [2.45, 2.75) is 19.3 Å². The monoisotopic (exact) mass is 201 g/mol. The van der Waals surface area contributed by atoms with Gasteiger partial charge in [0.2, 0.25) is 0 Å². The minimum absolute atomic E-state index is 0.195. The molecular formula is C9H15NO4. The van der Waals surface area contributed by atoms with E-state index in [0.29, 0.717) is 25.4 Å². The van der Waals surface area contributed by atoms with Crippen LogP contribution < -0.4 is 0 Å². The molecule has 0 saturated carbocycles. The highest BCUT2D eigenvalue weighted by atomic mass is 16.5. The second kappa shape index (κ2) is 4.83. The first-order valence-electron chi connectivity index (χ1n) is 4.68. The Morgan fingerprint density at radius 3 is 2.64 bits per heavy atom. The molecule has 0 atom stereocenters. The van der Waals surface area contributed by atoms with E-state index in [1.54, 1.807) is 0 Å². The van der Waals surface area contributed by atoms with Crippen LogP contribution in [0.2, 0.25) is 0 Å². The van der Waals surface area contributed by atoms with Gasteiger partial charge in [-0.1, -0.05) is 0 Å². The number of amides is 1. The van der Waals surface area contributed by atoms with Gasteiger partial charge >= 0.3 is 12.1 Å². The molecule has 0 unspecified atom stereocenters. The Morgan fingerprint density at radius 2 is 2.14 bits per heavy atom. The van der Waals surface area contributed by atoms with Crippen LogP contribution in [0.15, 0.2) is 0 Å². The second-order valence-corrected chi connectivity index (χ2v) is 3.52. The number of nitrogens with zero attached hydrogens (tertiary/aromatic N) is 1. The molecule has 80 valence electrons. The molecular weight excluding hydrogens is 186 g/mol. The highest BCUT2D eigenvalue weighted by Gasteiger charge is 2.29. The topological polar surface area (TPSA) is 66.8 Å². The number of hydrogen-bond acceptors (Lipinski definition) is 3. The van der Waals surface area contributed by atoms with Gasteiger partial charge in [0, 0.05) is 19.5 Å². The van der Waals surface area contributed by atoms with Gasteiger partial charge in [-0.2, -0.15) is 0 Å². The smallest absolute Gasteiger partial charge is 0.407 e. The third kappa shape index (κ3) is 2.90. The Bertz CT molecular complexity index is 223. The second-order valence-electron chi connectivity index (χ2n) is 3.52. The van der Waals surface area contributed by atoms with Gasteiger partial charge in [-0.25, -0.2) is 4.79 Å². The summed E-state index contributed by atoms with van der Waals surface area (Å²) in [7, 11) is 1.37. The van der Waals surface area contributed by atoms with E-state index in [2.05, 4.69) is 4.74 Å². The van der Waals surface area contributed by atoms with Gasteiger partial charge in [-0.05, 0) is 18.8 Å². The molecule has 1 aliphatic heterocycles. The average molecular weight is 201 g/mol. The normalized spacial score (nSPS) is 16.2. The molecule has 1 heterocycles. The molecule has 0 aromatic carbocycles. The van der Waals surface area contributed by atoms with Gasteiger partial charge in [0.15, 0.2) is 0 Å². The van der Waals surface area contributed by atoms with E-state index in [0.717, 1.165) is 12.8 Å². The van der Waals surface area contributed by atoms with E-state index in [1.165, 1.54) is 12.0 Å². The third-order valence-electron chi connectivity index (χ3n) is 2.45. The first-order chi connectivity index (χ1) is 6.63. The van der Waals surface area contributed by atoms with Gasteiger partial charge in [-0.3, -0.25) is 4.79 Å². The van der Waals surface area contributed by atoms with Crippen molar-refractivity contribution in [2.24, 2.45) is 5.92 Å². The fourth-order valence-electron chi connectivity index (χ4n) is 1.55. The highest BCUT2D eigenvalue weighted by Crippen LogP contribution is 2.21. The summed E-state index contributed by atoms with van der Waals surface area (Å²) >= 11 is 0. The number of carbonyl (C=O) groups is 2. The molecule has 0 radical (unpaired) electrons. The molecule has 1 saturated heterocycles. The van der Waals surface area contributed by atoms with Crippen molar-refractivity contribution in [1.82, 2.24) is 4.90 Å². The molecule has 5 heteroatoms. The van der Waals surface area contributed by atoms with Crippen LogP contribution in [0.3, 0.4) is 0 Å². The van der Waals surface area contributed by atoms with Gasteiger partial charge in [0.05, 0.1) is 7.11 Å². The van der Waals surface area contributed by atoms with Gasteiger partial charge in [0.1, 0.15) is 0 Å². The molecule has 1 rings (SSSR count). The largest absolute Gasteiger partial charge is 0.469 e. The SMILES string of the molecule is COC(=O)CCCC1CN(C(=O)O)C1. The molecule has 14 heavy (non-hydrogen) atoms. The van der Waals surface area contributed by atoms with E-state index in [9.17, 15) is 9.59 Å². The van der Waals surface area contributed by atoms with Crippen LogP contribution in [-0.4, -0.2) is 42.3 Å². The number of carbonyl (C=O) groups excluding carboxylic acids is 1. The predicted molar refractivity (Wildman–Crippen MR) is 49.0 cm³/mol. The van der Waals surface area contributed by atoms with Crippen LogP contribution in [0.4, 0.5) is 4.79 Å². The maximum atomic E-state index is 10.7. The lowest BCUT2D eigenvalue weighted by atomic mass is 9.94. The Balaban J connectivity index is 2.01.